The molecule has 0 heterocycles. The number of rotatable bonds is 14. The van der Waals surface area contributed by atoms with Gasteiger partial charge in [-0.2, -0.15) is 0 Å². The average Bonchev–Trinajstić information content (AvgIpc) is 2.65. The molecule has 0 radical (unpaired) electrons. The van der Waals surface area contributed by atoms with Crippen molar-refractivity contribution in [1.29, 1.82) is 0 Å². The van der Waals surface area contributed by atoms with Gasteiger partial charge in [0.2, 0.25) is 0 Å². The molecule has 0 saturated carbocycles. The number of hydrogen-bond donors (Lipinski definition) is 0. The smallest absolute Gasteiger partial charge is 0.330 e. The molecular formula is C27H52O4Si2. The molecule has 0 spiro atoms. The number of carbonyl (C=O) groups excluding carboxylic acids is 1. The Morgan fingerprint density at radius 2 is 1.33 bits per heavy atom. The Morgan fingerprint density at radius 3 is 1.79 bits per heavy atom. The number of carbonyl (C=O) groups is 1. The van der Waals surface area contributed by atoms with E-state index in [-0.39, 0.29) is 16.0 Å². The molecule has 0 atom stereocenters. The average molecular weight is 497 g/mol. The predicted octanol–water partition coefficient (Wildman–Crippen LogP) is 8.19. The molecule has 4 nitrogen and oxygen atoms in total. The van der Waals surface area contributed by atoms with Crippen molar-refractivity contribution in [2.45, 2.75) is 110 Å². The fourth-order valence-corrected chi connectivity index (χ4v) is 4.71. The maximum absolute atomic E-state index is 11.8. The molecule has 0 aromatic rings. The van der Waals surface area contributed by atoms with Crippen molar-refractivity contribution in [2.24, 2.45) is 0 Å². The maximum atomic E-state index is 11.8. The van der Waals surface area contributed by atoms with E-state index in [9.17, 15) is 4.79 Å². The first-order valence-electron chi connectivity index (χ1n) is 12.5. The molecular weight excluding hydrogens is 444 g/mol. The summed E-state index contributed by atoms with van der Waals surface area (Å²) in [6.07, 6.45) is 9.10. The van der Waals surface area contributed by atoms with Crippen molar-refractivity contribution >= 4 is 22.6 Å². The van der Waals surface area contributed by atoms with Crippen LogP contribution in [0, 0.1) is 0 Å². The van der Waals surface area contributed by atoms with Crippen LogP contribution in [-0.4, -0.2) is 42.4 Å². The summed E-state index contributed by atoms with van der Waals surface area (Å²) in [7, 11) is -3.45. The Hall–Kier alpha value is -0.956. The Labute approximate surface area is 207 Å². The molecule has 0 aliphatic carbocycles. The fourth-order valence-electron chi connectivity index (χ4n) is 2.54. The molecule has 33 heavy (non-hydrogen) atoms. The Morgan fingerprint density at radius 1 is 0.848 bits per heavy atom. The largest absolute Gasteiger partial charge is 0.463 e. The monoisotopic (exact) mass is 496 g/mol. The topological polar surface area (TPSA) is 44.8 Å². The van der Waals surface area contributed by atoms with E-state index >= 15 is 0 Å². The first kappa shape index (κ1) is 32.0. The number of hydrogen-bond acceptors (Lipinski definition) is 4. The van der Waals surface area contributed by atoms with E-state index in [1.807, 2.05) is 13.0 Å². The van der Waals surface area contributed by atoms with Crippen LogP contribution in [0.25, 0.3) is 0 Å². The van der Waals surface area contributed by atoms with E-state index in [0.29, 0.717) is 6.61 Å². The molecule has 0 N–H and O–H groups in total. The highest BCUT2D eigenvalue weighted by Gasteiger charge is 2.37. The van der Waals surface area contributed by atoms with Crippen LogP contribution in [0.2, 0.25) is 36.3 Å². The summed E-state index contributed by atoms with van der Waals surface area (Å²) in [5.41, 5.74) is 2.03. The third-order valence-electron chi connectivity index (χ3n) is 6.97. The van der Waals surface area contributed by atoms with Gasteiger partial charge in [0.25, 0.3) is 0 Å². The molecule has 0 saturated heterocycles. The van der Waals surface area contributed by atoms with E-state index < -0.39 is 16.6 Å². The van der Waals surface area contributed by atoms with Crippen molar-refractivity contribution in [3.8, 4) is 0 Å². The van der Waals surface area contributed by atoms with Crippen LogP contribution in [-0.2, 0) is 18.4 Å². The standard InChI is InChI=1S/C27H52O4Si2/c1-13-29-25(28)20-19-24(18-14-15-21-30-32(9,10)26(3,4)5)23(2)17-16-22-31-33(11,12)27(6,7)8/h18-20H,2,13-17,21-22H2,1,3-12H3/b20-19+,24-18+. The van der Waals surface area contributed by atoms with Gasteiger partial charge in [-0.1, -0.05) is 54.2 Å². The van der Waals surface area contributed by atoms with Crippen LogP contribution in [0.5, 0.6) is 0 Å². The molecule has 192 valence electrons. The number of ether oxygens (including phenoxy) is 1. The van der Waals surface area contributed by atoms with Crippen LogP contribution in [0.15, 0.2) is 36.0 Å². The molecule has 0 fully saturated rings. The van der Waals surface area contributed by atoms with Crippen molar-refractivity contribution in [3.05, 3.63) is 36.0 Å². The lowest BCUT2D eigenvalue weighted by Crippen LogP contribution is -2.40. The summed E-state index contributed by atoms with van der Waals surface area (Å²) in [4.78, 5) is 11.8. The highest BCUT2D eigenvalue weighted by molar-refractivity contribution is 6.74. The normalized spacial score (nSPS) is 14.1. The van der Waals surface area contributed by atoms with Gasteiger partial charge in [-0.15, -0.1) is 0 Å². The molecule has 0 bridgehead atoms. The highest BCUT2D eigenvalue weighted by Crippen LogP contribution is 2.37. The van der Waals surface area contributed by atoms with Gasteiger partial charge < -0.3 is 13.6 Å². The van der Waals surface area contributed by atoms with Crippen LogP contribution in [0.3, 0.4) is 0 Å². The zero-order valence-electron chi connectivity index (χ0n) is 23.5. The lowest BCUT2D eigenvalue weighted by Gasteiger charge is -2.36. The number of allylic oxidation sites excluding steroid dienone is 4. The van der Waals surface area contributed by atoms with Crippen LogP contribution in [0.4, 0.5) is 0 Å². The van der Waals surface area contributed by atoms with Gasteiger partial charge in [0.15, 0.2) is 16.6 Å². The third kappa shape index (κ3) is 12.4. The fraction of sp³-hybridized carbons (Fsp3) is 0.741. The maximum Gasteiger partial charge on any atom is 0.330 e. The molecule has 0 aliphatic rings. The van der Waals surface area contributed by atoms with E-state index in [1.165, 1.54) is 6.08 Å². The second kappa shape index (κ2) is 13.8. The summed E-state index contributed by atoms with van der Waals surface area (Å²) >= 11 is 0. The Balaban J connectivity index is 4.95. The minimum absolute atomic E-state index is 0.212. The summed E-state index contributed by atoms with van der Waals surface area (Å²) in [5.74, 6) is -0.321. The van der Waals surface area contributed by atoms with E-state index in [0.717, 1.165) is 50.0 Å². The summed E-state index contributed by atoms with van der Waals surface area (Å²) < 4.78 is 17.6. The molecule has 0 aliphatic heterocycles. The second-order valence-electron chi connectivity index (χ2n) is 11.8. The second-order valence-corrected chi connectivity index (χ2v) is 21.4. The number of unbranched alkanes of at least 4 members (excludes halogenated alkanes) is 1. The first-order chi connectivity index (χ1) is 14.9. The molecule has 0 rings (SSSR count). The molecule has 0 aromatic heterocycles. The first-order valence-corrected chi connectivity index (χ1v) is 18.3. The van der Waals surface area contributed by atoms with Gasteiger partial charge in [-0.3, -0.25) is 0 Å². The quantitative estimate of drug-likeness (QED) is 0.0799. The summed E-state index contributed by atoms with van der Waals surface area (Å²) in [6.45, 7) is 30.7. The minimum atomic E-state index is -1.73. The SMILES string of the molecule is C=C(CCCO[Si](C)(C)C(C)(C)C)C(/C=C/C(=O)OCC)=C/CCCO[Si](C)(C)C(C)(C)C. The molecule has 0 amide bonds. The van der Waals surface area contributed by atoms with Crippen LogP contribution in [0.1, 0.15) is 74.1 Å². The minimum Gasteiger partial charge on any atom is -0.463 e. The number of esters is 1. The Bertz CT molecular complexity index is 677. The van der Waals surface area contributed by atoms with E-state index in [2.05, 4.69) is 80.4 Å². The zero-order valence-corrected chi connectivity index (χ0v) is 25.5. The van der Waals surface area contributed by atoms with Crippen LogP contribution < -0.4 is 0 Å². The third-order valence-corrected chi connectivity index (χ3v) is 16.0. The highest BCUT2D eigenvalue weighted by atomic mass is 28.4. The molecule has 6 heteroatoms. The van der Waals surface area contributed by atoms with Gasteiger partial charge in [0, 0.05) is 19.3 Å². The van der Waals surface area contributed by atoms with Crippen molar-refractivity contribution in [2.75, 3.05) is 19.8 Å². The zero-order chi connectivity index (χ0) is 25.9. The van der Waals surface area contributed by atoms with Crippen molar-refractivity contribution in [1.82, 2.24) is 0 Å². The van der Waals surface area contributed by atoms with E-state index in [1.54, 1.807) is 0 Å². The van der Waals surface area contributed by atoms with Gasteiger partial charge in [0.1, 0.15) is 0 Å². The van der Waals surface area contributed by atoms with Crippen molar-refractivity contribution < 1.29 is 18.4 Å². The lowest BCUT2D eigenvalue weighted by atomic mass is 10.0. The Kier molecular flexibility index (Phi) is 13.4. The lowest BCUT2D eigenvalue weighted by molar-refractivity contribution is -0.137. The van der Waals surface area contributed by atoms with Gasteiger partial charge in [-0.25, -0.2) is 4.79 Å². The van der Waals surface area contributed by atoms with Gasteiger partial charge in [0.05, 0.1) is 6.61 Å². The van der Waals surface area contributed by atoms with Gasteiger partial charge >= 0.3 is 5.97 Å². The van der Waals surface area contributed by atoms with Crippen LogP contribution >= 0.6 is 0 Å². The predicted molar refractivity (Wildman–Crippen MR) is 148 cm³/mol. The molecule has 0 aromatic carbocycles. The van der Waals surface area contributed by atoms with Gasteiger partial charge in [-0.05, 0) is 86.1 Å². The van der Waals surface area contributed by atoms with Crippen molar-refractivity contribution in [3.63, 3.8) is 0 Å². The van der Waals surface area contributed by atoms with E-state index in [4.69, 9.17) is 13.6 Å². The summed E-state index contributed by atoms with van der Waals surface area (Å²) in [6, 6.07) is 0. The molecule has 0 unspecified atom stereocenters. The summed E-state index contributed by atoms with van der Waals surface area (Å²) in [5, 5.41) is 0.432.